The van der Waals surface area contributed by atoms with E-state index < -0.39 is 11.7 Å². The second-order valence-electron chi connectivity index (χ2n) is 8.82. The Hall–Kier alpha value is -3.43. The van der Waals surface area contributed by atoms with E-state index in [1.54, 1.807) is 17.2 Å². The second-order valence-corrected chi connectivity index (χ2v) is 8.82. The third-order valence-electron chi connectivity index (χ3n) is 7.05. The second kappa shape index (κ2) is 7.03. The Morgan fingerprint density at radius 3 is 2.70 bits per heavy atom. The lowest BCUT2D eigenvalue weighted by Gasteiger charge is -2.29. The van der Waals surface area contributed by atoms with Gasteiger partial charge >= 0.3 is 6.18 Å². The normalized spacial score (nSPS) is 27.5. The van der Waals surface area contributed by atoms with Gasteiger partial charge in [-0.2, -0.15) is 13.2 Å². The molecule has 1 saturated heterocycles. The van der Waals surface area contributed by atoms with E-state index in [9.17, 15) is 18.0 Å². The summed E-state index contributed by atoms with van der Waals surface area (Å²) in [5.41, 5.74) is 0.829. The molecule has 0 N–H and O–H groups in total. The predicted molar refractivity (Wildman–Crippen MR) is 108 cm³/mol. The highest BCUT2D eigenvalue weighted by Crippen LogP contribution is 2.64. The van der Waals surface area contributed by atoms with Crippen molar-refractivity contribution in [2.75, 3.05) is 6.54 Å². The van der Waals surface area contributed by atoms with Gasteiger partial charge < -0.3 is 14.1 Å². The summed E-state index contributed by atoms with van der Waals surface area (Å²) in [5.74, 6) is 1.46. The van der Waals surface area contributed by atoms with E-state index in [4.69, 9.17) is 9.15 Å². The SMILES string of the molecule is Cc1ccnc(C(=O)N2CC3C4CC(Oc5ccc(C(F)(F)F)cn5)C2C43)c1-c1ncco1. The molecule has 2 saturated carbocycles. The summed E-state index contributed by atoms with van der Waals surface area (Å²) in [6.07, 6.45) is 1.28. The molecule has 3 aromatic rings. The number of likely N-dealkylation sites (tertiary alicyclic amines) is 1. The Morgan fingerprint density at radius 1 is 1.15 bits per heavy atom. The summed E-state index contributed by atoms with van der Waals surface area (Å²) >= 11 is 0. The number of hydrogen-bond donors (Lipinski definition) is 0. The maximum absolute atomic E-state index is 13.6. The molecule has 33 heavy (non-hydrogen) atoms. The van der Waals surface area contributed by atoms with E-state index in [0.29, 0.717) is 35.8 Å². The standard InChI is InChI=1S/C23H19F3N4O3/c1-11-4-5-27-19(17(11)21-28-6-7-32-21)22(31)30-10-14-13-8-15(20(30)18(13)14)33-16-3-2-12(9-29-16)23(24,25)26/h2-7,9,13-15,18,20H,8,10H2,1H3. The van der Waals surface area contributed by atoms with Gasteiger partial charge in [0.25, 0.3) is 5.91 Å². The van der Waals surface area contributed by atoms with Gasteiger partial charge in [0.2, 0.25) is 11.8 Å². The lowest BCUT2D eigenvalue weighted by molar-refractivity contribution is -0.137. The molecule has 2 aliphatic carbocycles. The molecule has 1 aliphatic heterocycles. The van der Waals surface area contributed by atoms with E-state index in [1.165, 1.54) is 18.5 Å². The number of carbonyl (C=O) groups excluding carboxylic acids is 1. The van der Waals surface area contributed by atoms with Crippen LogP contribution in [-0.2, 0) is 6.18 Å². The minimum Gasteiger partial charge on any atom is -0.472 e. The predicted octanol–water partition coefficient (Wildman–Crippen LogP) is 4.00. The van der Waals surface area contributed by atoms with Gasteiger partial charge in [0.1, 0.15) is 18.1 Å². The molecule has 3 aliphatic rings. The summed E-state index contributed by atoms with van der Waals surface area (Å²) in [5, 5.41) is 0. The summed E-state index contributed by atoms with van der Waals surface area (Å²) in [7, 11) is 0. The van der Waals surface area contributed by atoms with Crippen molar-refractivity contribution in [2.24, 2.45) is 17.8 Å². The lowest BCUT2D eigenvalue weighted by atomic mass is 10.1. The monoisotopic (exact) mass is 456 g/mol. The first-order valence-corrected chi connectivity index (χ1v) is 10.7. The van der Waals surface area contributed by atoms with Gasteiger partial charge in [0, 0.05) is 25.0 Å². The van der Waals surface area contributed by atoms with Gasteiger partial charge in [0.05, 0.1) is 23.4 Å². The van der Waals surface area contributed by atoms with Crippen LogP contribution in [0.25, 0.3) is 11.5 Å². The van der Waals surface area contributed by atoms with Crippen molar-refractivity contribution in [1.29, 1.82) is 0 Å². The third-order valence-corrected chi connectivity index (χ3v) is 7.05. The van der Waals surface area contributed by atoms with Gasteiger partial charge in [-0.25, -0.2) is 9.97 Å². The van der Waals surface area contributed by atoms with E-state index >= 15 is 0 Å². The summed E-state index contributed by atoms with van der Waals surface area (Å²) in [6.45, 7) is 2.48. The topological polar surface area (TPSA) is 81.4 Å². The van der Waals surface area contributed by atoms with Crippen LogP contribution in [0.5, 0.6) is 5.88 Å². The number of alkyl halides is 3. The largest absolute Gasteiger partial charge is 0.472 e. The van der Waals surface area contributed by atoms with Crippen molar-refractivity contribution in [2.45, 2.75) is 31.7 Å². The first kappa shape index (κ1) is 20.2. The number of amides is 1. The molecule has 0 aromatic carbocycles. The Bertz CT molecular complexity index is 1210. The Morgan fingerprint density at radius 2 is 2.00 bits per heavy atom. The average molecular weight is 456 g/mol. The van der Waals surface area contributed by atoms with E-state index in [-0.39, 0.29) is 29.6 Å². The summed E-state index contributed by atoms with van der Waals surface area (Å²) < 4.78 is 49.9. The van der Waals surface area contributed by atoms with Gasteiger partial charge in [-0.05, 0) is 48.8 Å². The zero-order valence-corrected chi connectivity index (χ0v) is 17.5. The van der Waals surface area contributed by atoms with Crippen LogP contribution in [-0.4, -0.2) is 44.4 Å². The number of piperidine rings is 1. The number of rotatable bonds is 4. The lowest BCUT2D eigenvalue weighted by Crippen LogP contribution is -2.45. The number of carbonyl (C=O) groups is 1. The maximum atomic E-state index is 13.6. The number of aryl methyl sites for hydroxylation is 1. The number of pyridine rings is 2. The minimum absolute atomic E-state index is 0.124. The molecule has 0 radical (unpaired) electrons. The minimum atomic E-state index is -4.45. The number of ether oxygens (including phenoxy) is 1. The van der Waals surface area contributed by atoms with Crippen LogP contribution in [0.4, 0.5) is 13.2 Å². The molecule has 0 spiro atoms. The highest BCUT2D eigenvalue weighted by Gasteiger charge is 2.70. The van der Waals surface area contributed by atoms with Crippen LogP contribution in [0.15, 0.2) is 47.5 Å². The smallest absolute Gasteiger partial charge is 0.417 e. The molecule has 1 amide bonds. The van der Waals surface area contributed by atoms with Crippen LogP contribution < -0.4 is 4.74 Å². The van der Waals surface area contributed by atoms with Crippen molar-refractivity contribution in [3.8, 4) is 17.3 Å². The fourth-order valence-electron chi connectivity index (χ4n) is 5.57. The van der Waals surface area contributed by atoms with Gasteiger partial charge in [-0.15, -0.1) is 0 Å². The Labute approximate surface area is 186 Å². The number of fused-ring (bicyclic) bond motifs is 1. The quantitative estimate of drug-likeness (QED) is 0.591. The van der Waals surface area contributed by atoms with Gasteiger partial charge in [-0.3, -0.25) is 9.78 Å². The highest BCUT2D eigenvalue weighted by molar-refractivity contribution is 5.99. The molecule has 5 unspecified atom stereocenters. The van der Waals surface area contributed by atoms with Crippen LogP contribution >= 0.6 is 0 Å². The van der Waals surface area contributed by atoms with Gasteiger partial charge in [0.15, 0.2) is 0 Å². The molecule has 4 heterocycles. The van der Waals surface area contributed by atoms with Gasteiger partial charge in [-0.1, -0.05) is 0 Å². The molecule has 170 valence electrons. The maximum Gasteiger partial charge on any atom is 0.417 e. The van der Waals surface area contributed by atoms with Crippen molar-refractivity contribution in [3.63, 3.8) is 0 Å². The third kappa shape index (κ3) is 3.19. The average Bonchev–Trinajstić information content (AvgIpc) is 3.17. The first-order chi connectivity index (χ1) is 15.8. The Kier molecular flexibility index (Phi) is 4.30. The molecule has 5 atom stereocenters. The molecule has 10 heteroatoms. The molecule has 3 aromatic heterocycles. The van der Waals surface area contributed by atoms with E-state index in [2.05, 4.69) is 15.0 Å². The van der Waals surface area contributed by atoms with Crippen LogP contribution in [0.2, 0.25) is 0 Å². The summed E-state index contributed by atoms with van der Waals surface area (Å²) in [6, 6.07) is 3.81. The molecular weight excluding hydrogens is 437 g/mol. The highest BCUT2D eigenvalue weighted by atomic mass is 19.4. The zero-order valence-electron chi connectivity index (χ0n) is 17.5. The van der Waals surface area contributed by atoms with E-state index in [0.717, 1.165) is 24.2 Å². The van der Waals surface area contributed by atoms with Crippen molar-refractivity contribution in [1.82, 2.24) is 19.9 Å². The number of nitrogens with zero attached hydrogens (tertiary/aromatic N) is 4. The molecular formula is C23H19F3N4O3. The number of aromatic nitrogens is 3. The number of halogens is 3. The molecule has 3 fully saturated rings. The molecule has 0 bridgehead atoms. The summed E-state index contributed by atoms with van der Waals surface area (Å²) in [4.78, 5) is 27.8. The van der Waals surface area contributed by atoms with Crippen LogP contribution in [0.3, 0.4) is 0 Å². The Balaban J connectivity index is 1.26. The van der Waals surface area contributed by atoms with E-state index in [1.807, 2.05) is 6.92 Å². The van der Waals surface area contributed by atoms with Crippen molar-refractivity contribution in [3.05, 3.63) is 59.9 Å². The van der Waals surface area contributed by atoms with Crippen LogP contribution in [0, 0.1) is 24.7 Å². The fourth-order valence-corrected chi connectivity index (χ4v) is 5.57. The molecule has 6 rings (SSSR count). The number of hydrogen-bond acceptors (Lipinski definition) is 6. The zero-order chi connectivity index (χ0) is 22.9. The first-order valence-electron chi connectivity index (χ1n) is 10.7. The van der Waals surface area contributed by atoms with Crippen molar-refractivity contribution >= 4 is 5.91 Å². The van der Waals surface area contributed by atoms with Crippen molar-refractivity contribution < 1.29 is 27.1 Å². The van der Waals surface area contributed by atoms with Crippen LogP contribution in [0.1, 0.15) is 28.0 Å². The fraction of sp³-hybridized carbons (Fsp3) is 0.391. The molecule has 7 nitrogen and oxygen atoms in total. The number of oxazole rings is 1.